The van der Waals surface area contributed by atoms with E-state index in [-0.39, 0.29) is 22.9 Å². The minimum atomic E-state index is -0.485. The van der Waals surface area contributed by atoms with E-state index in [4.69, 9.17) is 0 Å². The number of anilines is 1. The summed E-state index contributed by atoms with van der Waals surface area (Å²) < 4.78 is 1.52. The first-order chi connectivity index (χ1) is 16.2. The number of rotatable bonds is 6. The van der Waals surface area contributed by atoms with Gasteiger partial charge >= 0.3 is 0 Å². The van der Waals surface area contributed by atoms with Crippen LogP contribution in [0.4, 0.5) is 11.4 Å². The minimum absolute atomic E-state index is 0.0305. The second-order valence-corrected chi connectivity index (χ2v) is 8.86. The Morgan fingerprint density at radius 2 is 1.76 bits per heavy atom. The number of nitro groups is 1. The topological polar surface area (TPSA) is 107 Å². The van der Waals surface area contributed by atoms with E-state index in [1.807, 2.05) is 32.0 Å². The van der Waals surface area contributed by atoms with Gasteiger partial charge in [0.1, 0.15) is 0 Å². The molecule has 0 aliphatic carbocycles. The van der Waals surface area contributed by atoms with Gasteiger partial charge in [-0.05, 0) is 62.2 Å². The molecule has 0 aliphatic heterocycles. The van der Waals surface area contributed by atoms with Crippen LogP contribution in [0.1, 0.15) is 16.7 Å². The number of aromatic nitrogens is 2. The maximum Gasteiger partial charge on any atom is 0.274 e. The number of carbonyl (C=O) groups is 1. The smallest absolute Gasteiger partial charge is 0.274 e. The average molecular weight is 475 g/mol. The number of para-hydroxylation sites is 1. The largest absolute Gasteiger partial charge is 0.325 e. The van der Waals surface area contributed by atoms with E-state index in [1.165, 1.54) is 10.6 Å². The molecule has 1 heterocycles. The number of amides is 1. The fourth-order valence-electron chi connectivity index (χ4n) is 3.51. The summed E-state index contributed by atoms with van der Waals surface area (Å²) in [4.78, 5) is 41.3. The molecule has 0 radical (unpaired) electrons. The van der Waals surface area contributed by atoms with Crippen molar-refractivity contribution in [3.63, 3.8) is 0 Å². The van der Waals surface area contributed by atoms with Crippen LogP contribution in [0.3, 0.4) is 0 Å². The van der Waals surface area contributed by atoms with E-state index in [0.717, 1.165) is 22.9 Å². The molecule has 4 aromatic rings. The van der Waals surface area contributed by atoms with Gasteiger partial charge in [-0.3, -0.25) is 24.3 Å². The van der Waals surface area contributed by atoms with E-state index >= 15 is 0 Å². The summed E-state index contributed by atoms with van der Waals surface area (Å²) in [5.41, 5.74) is 3.92. The Kier molecular flexibility index (Phi) is 6.47. The predicted octanol–water partition coefficient (Wildman–Crippen LogP) is 4.95. The van der Waals surface area contributed by atoms with Crippen molar-refractivity contribution in [3.8, 4) is 5.69 Å². The van der Waals surface area contributed by atoms with Crippen LogP contribution in [0.2, 0.25) is 0 Å². The van der Waals surface area contributed by atoms with E-state index in [0.29, 0.717) is 33.0 Å². The molecule has 0 fully saturated rings. The first-order valence-corrected chi connectivity index (χ1v) is 11.5. The zero-order valence-corrected chi connectivity index (χ0v) is 19.7. The number of fused-ring (bicyclic) bond motifs is 1. The highest BCUT2D eigenvalue weighted by Crippen LogP contribution is 2.25. The lowest BCUT2D eigenvalue weighted by atomic mass is 10.1. The van der Waals surface area contributed by atoms with Crippen molar-refractivity contribution in [2.24, 2.45) is 0 Å². The lowest BCUT2D eigenvalue weighted by Gasteiger charge is -2.14. The standard InChI is InChI=1S/C25H22N4O4S/c1-15-9-11-19(12-17(15)3)28-24(31)20-6-4-5-7-21(20)27-25(28)34-14-23(30)26-18-10-8-16(2)22(13-18)29(32)33/h4-13H,14H2,1-3H3,(H,26,30). The Labute approximate surface area is 199 Å². The molecule has 0 spiro atoms. The molecule has 0 saturated carbocycles. The third kappa shape index (κ3) is 4.69. The van der Waals surface area contributed by atoms with Gasteiger partial charge in [0.25, 0.3) is 11.2 Å². The number of hydrogen-bond acceptors (Lipinski definition) is 6. The maximum atomic E-state index is 13.4. The molecule has 1 aromatic heterocycles. The number of thioether (sulfide) groups is 1. The Morgan fingerprint density at radius 3 is 2.50 bits per heavy atom. The van der Waals surface area contributed by atoms with Gasteiger partial charge in [-0.1, -0.05) is 36.0 Å². The number of aryl methyl sites for hydroxylation is 3. The highest BCUT2D eigenvalue weighted by molar-refractivity contribution is 7.99. The normalized spacial score (nSPS) is 10.9. The van der Waals surface area contributed by atoms with Gasteiger partial charge in [0.05, 0.1) is 27.3 Å². The molecule has 0 atom stereocenters. The monoisotopic (exact) mass is 474 g/mol. The van der Waals surface area contributed by atoms with Crippen LogP contribution >= 0.6 is 11.8 Å². The van der Waals surface area contributed by atoms with Crippen LogP contribution in [0, 0.1) is 30.9 Å². The van der Waals surface area contributed by atoms with E-state index < -0.39 is 4.92 Å². The van der Waals surface area contributed by atoms with Crippen molar-refractivity contribution in [3.05, 3.63) is 97.8 Å². The summed E-state index contributed by atoms with van der Waals surface area (Å²) in [5, 5.41) is 14.7. The highest BCUT2D eigenvalue weighted by Gasteiger charge is 2.16. The Bertz CT molecular complexity index is 1500. The van der Waals surface area contributed by atoms with Crippen LogP contribution in [0.15, 0.2) is 70.6 Å². The molecule has 1 amide bonds. The van der Waals surface area contributed by atoms with Crippen LogP contribution < -0.4 is 10.9 Å². The zero-order valence-electron chi connectivity index (χ0n) is 18.9. The Morgan fingerprint density at radius 1 is 1.03 bits per heavy atom. The molecule has 0 bridgehead atoms. The molecule has 3 aromatic carbocycles. The Hall–Kier alpha value is -3.98. The number of hydrogen-bond donors (Lipinski definition) is 1. The second kappa shape index (κ2) is 9.48. The van der Waals surface area contributed by atoms with Gasteiger partial charge in [-0.2, -0.15) is 0 Å². The van der Waals surface area contributed by atoms with Crippen molar-refractivity contribution in [1.29, 1.82) is 0 Å². The first-order valence-electron chi connectivity index (χ1n) is 10.5. The summed E-state index contributed by atoms with van der Waals surface area (Å²) in [6.45, 7) is 5.60. The molecule has 0 aliphatic rings. The van der Waals surface area contributed by atoms with Crippen LogP contribution in [0.25, 0.3) is 16.6 Å². The summed E-state index contributed by atoms with van der Waals surface area (Å²) in [6, 6.07) is 17.3. The molecule has 0 unspecified atom stereocenters. The molecule has 0 saturated heterocycles. The quantitative estimate of drug-likeness (QED) is 0.183. The maximum absolute atomic E-state index is 13.4. The van der Waals surface area contributed by atoms with Crippen LogP contribution in [-0.4, -0.2) is 26.1 Å². The number of carbonyl (C=O) groups excluding carboxylic acids is 1. The lowest BCUT2D eigenvalue weighted by Crippen LogP contribution is -2.23. The van der Waals surface area contributed by atoms with Crippen LogP contribution in [0.5, 0.6) is 0 Å². The third-order valence-electron chi connectivity index (χ3n) is 5.52. The van der Waals surface area contributed by atoms with Crippen molar-refractivity contribution < 1.29 is 9.72 Å². The van der Waals surface area contributed by atoms with Crippen LogP contribution in [-0.2, 0) is 4.79 Å². The second-order valence-electron chi connectivity index (χ2n) is 7.92. The predicted molar refractivity (Wildman–Crippen MR) is 134 cm³/mol. The molecule has 4 rings (SSSR count). The lowest BCUT2D eigenvalue weighted by molar-refractivity contribution is -0.385. The fourth-order valence-corrected chi connectivity index (χ4v) is 4.33. The number of nitrogens with one attached hydrogen (secondary N) is 1. The van der Waals surface area contributed by atoms with E-state index in [2.05, 4.69) is 10.3 Å². The van der Waals surface area contributed by atoms with Crippen molar-refractivity contribution in [1.82, 2.24) is 9.55 Å². The van der Waals surface area contributed by atoms with Gasteiger partial charge in [-0.25, -0.2) is 4.98 Å². The van der Waals surface area contributed by atoms with Gasteiger partial charge < -0.3 is 5.32 Å². The number of benzene rings is 3. The Balaban J connectivity index is 1.65. The van der Waals surface area contributed by atoms with Gasteiger partial charge in [0, 0.05) is 17.3 Å². The summed E-state index contributed by atoms with van der Waals surface area (Å²) in [6.07, 6.45) is 0. The zero-order chi connectivity index (χ0) is 24.4. The average Bonchev–Trinajstić information content (AvgIpc) is 2.81. The van der Waals surface area contributed by atoms with Crippen molar-refractivity contribution in [2.45, 2.75) is 25.9 Å². The van der Waals surface area contributed by atoms with Gasteiger partial charge in [0.2, 0.25) is 5.91 Å². The number of nitrogens with zero attached hydrogens (tertiary/aromatic N) is 3. The number of nitro benzene ring substituents is 1. The van der Waals surface area contributed by atoms with Gasteiger partial charge in [0.15, 0.2) is 5.16 Å². The molecule has 1 N–H and O–H groups in total. The summed E-state index contributed by atoms with van der Waals surface area (Å²) in [5.74, 6) is -0.394. The molecular formula is C25H22N4O4S. The van der Waals surface area contributed by atoms with Gasteiger partial charge in [-0.15, -0.1) is 0 Å². The minimum Gasteiger partial charge on any atom is -0.325 e. The van der Waals surface area contributed by atoms with Crippen molar-refractivity contribution in [2.75, 3.05) is 11.1 Å². The molecule has 34 heavy (non-hydrogen) atoms. The highest BCUT2D eigenvalue weighted by atomic mass is 32.2. The third-order valence-corrected chi connectivity index (χ3v) is 6.45. The first kappa shape index (κ1) is 23.2. The molecular weight excluding hydrogens is 452 g/mol. The van der Waals surface area contributed by atoms with Crippen molar-refractivity contribution >= 4 is 39.9 Å². The summed E-state index contributed by atoms with van der Waals surface area (Å²) >= 11 is 1.13. The SMILES string of the molecule is Cc1ccc(-n2c(SCC(=O)Nc3ccc(C)c([N+](=O)[O-])c3)nc3ccccc3c2=O)cc1C. The van der Waals surface area contributed by atoms with E-state index in [1.54, 1.807) is 43.3 Å². The summed E-state index contributed by atoms with van der Waals surface area (Å²) in [7, 11) is 0. The molecule has 172 valence electrons. The van der Waals surface area contributed by atoms with E-state index in [9.17, 15) is 19.7 Å². The fraction of sp³-hybridized carbons (Fsp3) is 0.160. The molecule has 9 heteroatoms. The molecule has 8 nitrogen and oxygen atoms in total.